The summed E-state index contributed by atoms with van der Waals surface area (Å²) < 4.78 is 5.56. The molecule has 4 nitrogen and oxygen atoms in total. The number of ether oxygens (including phenoxy) is 1. The minimum Gasteiger partial charge on any atom is -0.478 e. The van der Waals surface area contributed by atoms with Gasteiger partial charge in [0.1, 0.15) is 5.75 Å². The average molecular weight is 459 g/mol. The third kappa shape index (κ3) is 6.13. The van der Waals surface area contributed by atoms with Crippen LogP contribution in [0.5, 0.6) is 5.75 Å². The van der Waals surface area contributed by atoms with Crippen LogP contribution in [0, 0.1) is 5.92 Å². The van der Waals surface area contributed by atoms with Gasteiger partial charge in [-0.2, -0.15) is 0 Å². The number of benzene rings is 3. The molecule has 0 aliphatic heterocycles. The Kier molecular flexibility index (Phi) is 8.64. The standard InChI is InChI=1S/C30H34O4/c1-5-21(6-2)18-20(4)28-19-25(29(31)32)14-17-27(28)23-12-15-26(16-13-23)34-30(33)24-10-8-22(7-3)9-11-24/h8-17,19-21H,5-7,18H2,1-4H3,(H,31,32)/t20-/m1/s1. The van der Waals surface area contributed by atoms with E-state index < -0.39 is 5.97 Å². The Labute approximate surface area is 202 Å². The van der Waals surface area contributed by atoms with Gasteiger partial charge in [-0.15, -0.1) is 0 Å². The van der Waals surface area contributed by atoms with Crippen molar-refractivity contribution in [2.45, 2.75) is 59.3 Å². The minimum atomic E-state index is -0.920. The molecule has 0 radical (unpaired) electrons. The number of carboxylic acids is 1. The smallest absolute Gasteiger partial charge is 0.343 e. The van der Waals surface area contributed by atoms with Gasteiger partial charge in [-0.05, 0) is 83.3 Å². The van der Waals surface area contributed by atoms with E-state index in [1.54, 1.807) is 36.4 Å². The molecule has 0 amide bonds. The average Bonchev–Trinajstić information content (AvgIpc) is 2.87. The Morgan fingerprint density at radius 2 is 1.47 bits per heavy atom. The number of hydrogen-bond acceptors (Lipinski definition) is 3. The van der Waals surface area contributed by atoms with Gasteiger partial charge >= 0.3 is 11.9 Å². The maximum Gasteiger partial charge on any atom is 0.343 e. The van der Waals surface area contributed by atoms with Crippen LogP contribution in [0.4, 0.5) is 0 Å². The molecule has 0 saturated heterocycles. The van der Waals surface area contributed by atoms with Crippen molar-refractivity contribution < 1.29 is 19.4 Å². The summed E-state index contributed by atoms with van der Waals surface area (Å²) in [5.41, 5.74) is 5.00. The molecule has 0 aromatic heterocycles. The van der Waals surface area contributed by atoms with E-state index in [-0.39, 0.29) is 11.9 Å². The molecule has 0 spiro atoms. The number of aryl methyl sites for hydroxylation is 1. The van der Waals surface area contributed by atoms with Crippen molar-refractivity contribution in [1.29, 1.82) is 0 Å². The molecule has 4 heteroatoms. The van der Waals surface area contributed by atoms with Crippen LogP contribution in [0.2, 0.25) is 0 Å². The zero-order valence-electron chi connectivity index (χ0n) is 20.5. The van der Waals surface area contributed by atoms with E-state index in [0.717, 1.165) is 42.4 Å². The normalized spacial score (nSPS) is 11.9. The lowest BCUT2D eigenvalue weighted by atomic mass is 9.83. The zero-order valence-corrected chi connectivity index (χ0v) is 20.5. The third-order valence-electron chi connectivity index (χ3n) is 6.64. The van der Waals surface area contributed by atoms with Crippen LogP contribution in [0.15, 0.2) is 66.7 Å². The van der Waals surface area contributed by atoms with Crippen LogP contribution in [0.25, 0.3) is 11.1 Å². The van der Waals surface area contributed by atoms with Gasteiger partial charge in [0.15, 0.2) is 0 Å². The van der Waals surface area contributed by atoms with Crippen molar-refractivity contribution in [2.75, 3.05) is 0 Å². The molecule has 0 bridgehead atoms. The Balaban J connectivity index is 1.84. The van der Waals surface area contributed by atoms with E-state index in [1.807, 2.05) is 30.3 Å². The minimum absolute atomic E-state index is 0.225. The highest BCUT2D eigenvalue weighted by Crippen LogP contribution is 2.35. The van der Waals surface area contributed by atoms with Gasteiger partial charge in [0.25, 0.3) is 0 Å². The molecule has 0 aliphatic carbocycles. The second kappa shape index (κ2) is 11.6. The number of carboxylic acid groups (broad SMARTS) is 1. The van der Waals surface area contributed by atoms with Gasteiger partial charge < -0.3 is 9.84 Å². The highest BCUT2D eigenvalue weighted by atomic mass is 16.5. The van der Waals surface area contributed by atoms with E-state index >= 15 is 0 Å². The predicted octanol–water partition coefficient (Wildman–Crippen LogP) is 7.76. The summed E-state index contributed by atoms with van der Waals surface area (Å²) in [7, 11) is 0. The first kappa shape index (κ1) is 25.2. The molecule has 0 aliphatic rings. The summed E-state index contributed by atoms with van der Waals surface area (Å²) in [5, 5.41) is 9.52. The largest absolute Gasteiger partial charge is 0.478 e. The van der Waals surface area contributed by atoms with Crippen LogP contribution in [0.3, 0.4) is 0 Å². The summed E-state index contributed by atoms with van der Waals surface area (Å²) in [6, 6.07) is 20.2. The van der Waals surface area contributed by atoms with Crippen molar-refractivity contribution in [3.8, 4) is 16.9 Å². The molecule has 3 aromatic carbocycles. The molecule has 0 fully saturated rings. The van der Waals surface area contributed by atoms with Gasteiger partial charge in [0.2, 0.25) is 0 Å². The van der Waals surface area contributed by atoms with Crippen molar-refractivity contribution >= 4 is 11.9 Å². The van der Waals surface area contributed by atoms with Crippen molar-refractivity contribution in [3.05, 3.63) is 89.0 Å². The van der Waals surface area contributed by atoms with Gasteiger partial charge in [-0.25, -0.2) is 9.59 Å². The number of esters is 1. The van der Waals surface area contributed by atoms with E-state index in [4.69, 9.17) is 4.74 Å². The fourth-order valence-corrected chi connectivity index (χ4v) is 4.36. The predicted molar refractivity (Wildman–Crippen MR) is 137 cm³/mol. The zero-order chi connectivity index (χ0) is 24.7. The summed E-state index contributed by atoms with van der Waals surface area (Å²) in [5.74, 6) is -0.00752. The van der Waals surface area contributed by atoms with Gasteiger partial charge in [0, 0.05) is 0 Å². The van der Waals surface area contributed by atoms with E-state index in [9.17, 15) is 14.7 Å². The first-order valence-electron chi connectivity index (χ1n) is 12.1. The summed E-state index contributed by atoms with van der Waals surface area (Å²) in [6.07, 6.45) is 4.14. The summed E-state index contributed by atoms with van der Waals surface area (Å²) >= 11 is 0. The Morgan fingerprint density at radius 1 is 0.853 bits per heavy atom. The number of aromatic carboxylic acids is 1. The summed E-state index contributed by atoms with van der Waals surface area (Å²) in [6.45, 7) is 8.65. The van der Waals surface area contributed by atoms with Crippen LogP contribution in [-0.2, 0) is 6.42 Å². The van der Waals surface area contributed by atoms with Gasteiger partial charge in [0.05, 0.1) is 11.1 Å². The molecule has 0 saturated carbocycles. The number of carbonyl (C=O) groups is 2. The number of rotatable bonds is 10. The maximum absolute atomic E-state index is 12.5. The first-order chi connectivity index (χ1) is 16.4. The van der Waals surface area contributed by atoms with E-state index in [0.29, 0.717) is 22.8 Å². The number of hydrogen-bond donors (Lipinski definition) is 1. The van der Waals surface area contributed by atoms with Crippen LogP contribution >= 0.6 is 0 Å². The fraction of sp³-hybridized carbons (Fsp3) is 0.333. The second-order valence-corrected chi connectivity index (χ2v) is 8.89. The quantitative estimate of drug-likeness (QED) is 0.249. The summed E-state index contributed by atoms with van der Waals surface area (Å²) in [4.78, 5) is 24.1. The van der Waals surface area contributed by atoms with Gasteiger partial charge in [-0.1, -0.05) is 70.9 Å². The SMILES string of the molecule is CCc1ccc(C(=O)Oc2ccc(-c3ccc(C(=O)O)cc3[C@H](C)CC(CC)CC)cc2)cc1. The molecule has 34 heavy (non-hydrogen) atoms. The molecule has 0 heterocycles. The molecule has 0 unspecified atom stereocenters. The van der Waals surface area contributed by atoms with Crippen molar-refractivity contribution in [2.24, 2.45) is 5.92 Å². The molecule has 1 atom stereocenters. The van der Waals surface area contributed by atoms with Crippen molar-refractivity contribution in [1.82, 2.24) is 0 Å². The highest BCUT2D eigenvalue weighted by molar-refractivity contribution is 5.91. The molecule has 178 valence electrons. The van der Waals surface area contributed by atoms with E-state index in [1.165, 1.54) is 5.56 Å². The maximum atomic E-state index is 12.5. The lowest BCUT2D eigenvalue weighted by Gasteiger charge is -2.22. The van der Waals surface area contributed by atoms with Crippen LogP contribution in [-0.4, -0.2) is 17.0 Å². The molecule has 3 aromatic rings. The molecule has 1 N–H and O–H groups in total. The molecular formula is C30H34O4. The lowest BCUT2D eigenvalue weighted by molar-refractivity contribution is 0.0694. The third-order valence-corrected chi connectivity index (χ3v) is 6.64. The van der Waals surface area contributed by atoms with E-state index in [2.05, 4.69) is 27.7 Å². The monoisotopic (exact) mass is 458 g/mol. The fourth-order valence-electron chi connectivity index (χ4n) is 4.36. The van der Waals surface area contributed by atoms with Crippen LogP contribution < -0.4 is 4.74 Å². The lowest BCUT2D eigenvalue weighted by Crippen LogP contribution is -2.08. The van der Waals surface area contributed by atoms with Crippen LogP contribution in [0.1, 0.15) is 84.7 Å². The first-order valence-corrected chi connectivity index (χ1v) is 12.1. The van der Waals surface area contributed by atoms with Gasteiger partial charge in [-0.3, -0.25) is 0 Å². The highest BCUT2D eigenvalue weighted by Gasteiger charge is 2.18. The Morgan fingerprint density at radius 3 is 2.03 bits per heavy atom. The number of carbonyl (C=O) groups excluding carboxylic acids is 1. The topological polar surface area (TPSA) is 63.6 Å². The van der Waals surface area contributed by atoms with Crippen molar-refractivity contribution in [3.63, 3.8) is 0 Å². The molecular weight excluding hydrogens is 424 g/mol. The second-order valence-electron chi connectivity index (χ2n) is 8.89. The molecule has 3 rings (SSSR count). The Hall–Kier alpha value is -3.40. The Bertz CT molecular complexity index is 1110.